The summed E-state index contributed by atoms with van der Waals surface area (Å²) in [4.78, 5) is 2.26. The first-order chi connectivity index (χ1) is 9.31. The van der Waals surface area contributed by atoms with E-state index in [2.05, 4.69) is 4.90 Å². The lowest BCUT2D eigenvalue weighted by atomic mass is 9.90. The van der Waals surface area contributed by atoms with Crippen LogP contribution in [0.15, 0.2) is 0 Å². The van der Waals surface area contributed by atoms with Crippen LogP contribution >= 0.6 is 0 Å². The molecule has 1 heterocycles. The minimum Gasteiger partial charge on any atom is -0.389 e. The fourth-order valence-electron chi connectivity index (χ4n) is 4.07. The normalized spacial score (nSPS) is 36.8. The van der Waals surface area contributed by atoms with Crippen molar-refractivity contribution in [2.75, 3.05) is 46.1 Å². The third-order valence-corrected chi connectivity index (χ3v) is 5.10. The van der Waals surface area contributed by atoms with Gasteiger partial charge in [0.1, 0.15) is 0 Å². The van der Waals surface area contributed by atoms with Crippen LogP contribution in [0.25, 0.3) is 0 Å². The molecule has 3 rings (SSSR count). The number of nitrogens with zero attached hydrogens (tertiary/aromatic N) is 1. The molecule has 1 aliphatic heterocycles. The lowest BCUT2D eigenvalue weighted by molar-refractivity contribution is -0.0232. The van der Waals surface area contributed by atoms with E-state index in [1.54, 1.807) is 0 Å². The smallest absolute Gasteiger partial charge is 0.0900 e. The minimum absolute atomic E-state index is 0.350. The summed E-state index contributed by atoms with van der Waals surface area (Å²) in [5.74, 6) is 2.67. The van der Waals surface area contributed by atoms with Crippen molar-refractivity contribution in [3.05, 3.63) is 0 Å². The fraction of sp³-hybridized carbons (Fsp3) is 1.00. The summed E-state index contributed by atoms with van der Waals surface area (Å²) in [6.07, 6.45) is 5.31. The molecule has 2 aliphatic carbocycles. The summed E-state index contributed by atoms with van der Waals surface area (Å²) in [5, 5.41) is 10.00. The van der Waals surface area contributed by atoms with Gasteiger partial charge in [-0.2, -0.15) is 0 Å². The molecular formula is C15H27NO3. The van der Waals surface area contributed by atoms with Gasteiger partial charge in [0.2, 0.25) is 0 Å². The van der Waals surface area contributed by atoms with Crippen molar-refractivity contribution in [2.24, 2.45) is 17.8 Å². The molecule has 110 valence electrons. The van der Waals surface area contributed by atoms with Gasteiger partial charge in [-0.25, -0.2) is 0 Å². The molecule has 2 saturated carbocycles. The van der Waals surface area contributed by atoms with Gasteiger partial charge < -0.3 is 14.6 Å². The number of hydrogen-bond donors (Lipinski definition) is 1. The van der Waals surface area contributed by atoms with Gasteiger partial charge in [-0.3, -0.25) is 4.90 Å². The number of ether oxygens (including phenoxy) is 2. The second-order valence-corrected chi connectivity index (χ2v) is 6.54. The Balaban J connectivity index is 1.29. The zero-order valence-electron chi connectivity index (χ0n) is 11.8. The van der Waals surface area contributed by atoms with Crippen LogP contribution in [-0.4, -0.2) is 62.2 Å². The quantitative estimate of drug-likeness (QED) is 0.785. The van der Waals surface area contributed by atoms with Crippen molar-refractivity contribution < 1.29 is 14.6 Å². The highest BCUT2D eigenvalue weighted by Gasteiger charge is 2.39. The molecule has 19 heavy (non-hydrogen) atoms. The summed E-state index contributed by atoms with van der Waals surface area (Å²) in [6.45, 7) is 5.52. The Labute approximate surface area is 116 Å². The SMILES string of the molecule is O[C@H](COC[C@@H]1C[C@H]2CC[C@H]1C2)CN1CCOCC1. The molecule has 4 nitrogen and oxygen atoms in total. The van der Waals surface area contributed by atoms with Gasteiger partial charge in [0.15, 0.2) is 0 Å². The number of hydrogen-bond acceptors (Lipinski definition) is 4. The van der Waals surface area contributed by atoms with E-state index in [0.717, 1.165) is 57.2 Å². The van der Waals surface area contributed by atoms with Gasteiger partial charge in [-0.15, -0.1) is 0 Å². The lowest BCUT2D eigenvalue weighted by Crippen LogP contribution is -2.42. The zero-order chi connectivity index (χ0) is 13.1. The minimum atomic E-state index is -0.350. The van der Waals surface area contributed by atoms with Gasteiger partial charge >= 0.3 is 0 Å². The number of aliphatic hydroxyl groups is 1. The summed E-state index contributed by atoms with van der Waals surface area (Å²) in [7, 11) is 0. The van der Waals surface area contributed by atoms with Crippen molar-refractivity contribution in [1.82, 2.24) is 4.90 Å². The van der Waals surface area contributed by atoms with Crippen molar-refractivity contribution in [3.63, 3.8) is 0 Å². The van der Waals surface area contributed by atoms with Crippen molar-refractivity contribution in [2.45, 2.75) is 31.8 Å². The van der Waals surface area contributed by atoms with Crippen LogP contribution in [0.3, 0.4) is 0 Å². The van der Waals surface area contributed by atoms with Crippen molar-refractivity contribution >= 4 is 0 Å². The van der Waals surface area contributed by atoms with Gasteiger partial charge in [-0.1, -0.05) is 6.42 Å². The first-order valence-electron chi connectivity index (χ1n) is 7.87. The molecule has 0 aromatic carbocycles. The molecule has 3 aliphatic rings. The molecule has 0 unspecified atom stereocenters. The van der Waals surface area contributed by atoms with Crippen LogP contribution in [0.1, 0.15) is 25.7 Å². The highest BCUT2D eigenvalue weighted by molar-refractivity contribution is 4.89. The van der Waals surface area contributed by atoms with Gasteiger partial charge in [-0.05, 0) is 37.0 Å². The number of fused-ring (bicyclic) bond motifs is 2. The molecule has 0 aromatic heterocycles. The third kappa shape index (κ3) is 3.69. The average Bonchev–Trinajstić information content (AvgIpc) is 3.02. The Hall–Kier alpha value is -0.160. The molecule has 1 saturated heterocycles. The molecule has 0 aromatic rings. The number of rotatable bonds is 6. The van der Waals surface area contributed by atoms with E-state index >= 15 is 0 Å². The topological polar surface area (TPSA) is 41.9 Å². The first-order valence-corrected chi connectivity index (χ1v) is 7.87. The van der Waals surface area contributed by atoms with E-state index in [0.29, 0.717) is 6.61 Å². The maximum atomic E-state index is 10.00. The monoisotopic (exact) mass is 269 g/mol. The van der Waals surface area contributed by atoms with E-state index in [1.807, 2.05) is 0 Å². The summed E-state index contributed by atoms with van der Waals surface area (Å²) in [6, 6.07) is 0. The third-order valence-electron chi connectivity index (χ3n) is 5.10. The Bertz CT molecular complexity index is 281. The summed E-state index contributed by atoms with van der Waals surface area (Å²) in [5.41, 5.74) is 0. The van der Waals surface area contributed by atoms with E-state index in [-0.39, 0.29) is 6.10 Å². The van der Waals surface area contributed by atoms with Crippen LogP contribution in [0.5, 0.6) is 0 Å². The maximum absolute atomic E-state index is 10.00. The van der Waals surface area contributed by atoms with Gasteiger partial charge in [0, 0.05) is 26.2 Å². The largest absolute Gasteiger partial charge is 0.389 e. The number of aliphatic hydroxyl groups excluding tert-OH is 1. The van der Waals surface area contributed by atoms with Crippen LogP contribution in [0, 0.1) is 17.8 Å². The molecular weight excluding hydrogens is 242 g/mol. The molecule has 0 spiro atoms. The zero-order valence-corrected chi connectivity index (χ0v) is 11.8. The second kappa shape index (κ2) is 6.53. The van der Waals surface area contributed by atoms with Crippen LogP contribution < -0.4 is 0 Å². The Morgan fingerprint density at radius 3 is 2.74 bits per heavy atom. The van der Waals surface area contributed by atoms with E-state index in [1.165, 1.54) is 25.7 Å². The average molecular weight is 269 g/mol. The van der Waals surface area contributed by atoms with Gasteiger partial charge in [0.25, 0.3) is 0 Å². The molecule has 3 fully saturated rings. The van der Waals surface area contributed by atoms with Crippen LogP contribution in [-0.2, 0) is 9.47 Å². The van der Waals surface area contributed by atoms with E-state index in [4.69, 9.17) is 9.47 Å². The molecule has 4 heteroatoms. The van der Waals surface area contributed by atoms with Crippen LogP contribution in [0.4, 0.5) is 0 Å². The van der Waals surface area contributed by atoms with Crippen LogP contribution in [0.2, 0.25) is 0 Å². The second-order valence-electron chi connectivity index (χ2n) is 6.54. The summed E-state index contributed by atoms with van der Waals surface area (Å²) < 4.78 is 11.1. The molecule has 0 amide bonds. The van der Waals surface area contributed by atoms with Crippen molar-refractivity contribution in [3.8, 4) is 0 Å². The van der Waals surface area contributed by atoms with Crippen molar-refractivity contribution in [1.29, 1.82) is 0 Å². The highest BCUT2D eigenvalue weighted by atomic mass is 16.5. The predicted octanol–water partition coefficient (Wildman–Crippen LogP) is 1.13. The standard InChI is InChI=1S/C15H27NO3/c17-15(9-16-3-5-18-6-4-16)11-19-10-14-8-12-1-2-13(14)7-12/h12-15,17H,1-11H2/t12-,13-,14-,15-/m0/s1. The maximum Gasteiger partial charge on any atom is 0.0900 e. The molecule has 1 N–H and O–H groups in total. The van der Waals surface area contributed by atoms with Gasteiger partial charge in [0.05, 0.1) is 25.9 Å². The number of β-amino-alcohol motifs (C(OH)–C–C–N with tert-alkyl or cyclic N) is 1. The van der Waals surface area contributed by atoms with E-state index in [9.17, 15) is 5.11 Å². The molecule has 4 atom stereocenters. The molecule has 2 bridgehead atoms. The molecule has 0 radical (unpaired) electrons. The predicted molar refractivity (Wildman–Crippen MR) is 73.0 cm³/mol. The lowest BCUT2D eigenvalue weighted by Gasteiger charge is -2.28. The summed E-state index contributed by atoms with van der Waals surface area (Å²) >= 11 is 0. The Morgan fingerprint density at radius 2 is 2.05 bits per heavy atom. The first kappa shape index (κ1) is 13.8. The fourth-order valence-corrected chi connectivity index (χ4v) is 4.07. The Morgan fingerprint density at radius 1 is 1.21 bits per heavy atom. The Kier molecular flexibility index (Phi) is 4.74. The highest BCUT2D eigenvalue weighted by Crippen LogP contribution is 2.48. The number of morpholine rings is 1. The van der Waals surface area contributed by atoms with E-state index < -0.39 is 0 Å².